The average Bonchev–Trinajstić information content (AvgIpc) is 3.21. The molecule has 3 rings (SSSR count). The van der Waals surface area contributed by atoms with Gasteiger partial charge in [-0.15, -0.1) is 0 Å². The second-order valence-electron chi connectivity index (χ2n) is 5.45. The zero-order chi connectivity index (χ0) is 16.4. The van der Waals surface area contributed by atoms with Crippen LogP contribution in [0.2, 0.25) is 0 Å². The molecule has 7 nitrogen and oxygen atoms in total. The highest BCUT2D eigenvalue weighted by Crippen LogP contribution is 2.21. The maximum Gasteiger partial charge on any atom is 0.269 e. The third-order valence-corrected chi connectivity index (χ3v) is 3.74. The molecule has 0 unspecified atom stereocenters. The van der Waals surface area contributed by atoms with Gasteiger partial charge in [0, 0.05) is 5.56 Å². The van der Waals surface area contributed by atoms with Gasteiger partial charge in [-0.25, -0.2) is 0 Å². The van der Waals surface area contributed by atoms with E-state index in [1.165, 1.54) is 17.5 Å². The van der Waals surface area contributed by atoms with Crippen LogP contribution in [-0.2, 0) is 0 Å². The Hall–Kier alpha value is -2.96. The van der Waals surface area contributed by atoms with Crippen LogP contribution in [0.5, 0.6) is 0 Å². The maximum atomic E-state index is 12.2. The van der Waals surface area contributed by atoms with E-state index in [0.717, 1.165) is 11.3 Å². The number of carbonyl (C=O) groups excluding carboxylic acids is 1. The number of carbonyl (C=O) groups is 1. The summed E-state index contributed by atoms with van der Waals surface area (Å²) in [6, 6.07) is 7.45. The van der Waals surface area contributed by atoms with Crippen molar-refractivity contribution >= 4 is 5.91 Å². The molecule has 2 N–H and O–H groups in total. The fraction of sp³-hybridized carbons (Fsp3) is 0.250. The van der Waals surface area contributed by atoms with Crippen molar-refractivity contribution in [2.75, 3.05) is 0 Å². The molecule has 0 saturated heterocycles. The molecule has 0 aliphatic heterocycles. The van der Waals surface area contributed by atoms with Crippen molar-refractivity contribution in [3.8, 4) is 11.3 Å². The molecule has 1 atom stereocenters. The molecule has 2 aromatic heterocycles. The van der Waals surface area contributed by atoms with Gasteiger partial charge in [-0.2, -0.15) is 10.1 Å². The molecule has 0 fully saturated rings. The van der Waals surface area contributed by atoms with Gasteiger partial charge in [0.1, 0.15) is 5.69 Å². The van der Waals surface area contributed by atoms with Gasteiger partial charge < -0.3 is 9.84 Å². The highest BCUT2D eigenvalue weighted by atomic mass is 16.5. The van der Waals surface area contributed by atoms with E-state index in [-0.39, 0.29) is 11.9 Å². The minimum absolute atomic E-state index is 0.273. The lowest BCUT2D eigenvalue weighted by Gasteiger charge is -2.08. The third kappa shape index (κ3) is 3.13. The zero-order valence-electron chi connectivity index (χ0n) is 13.1. The number of H-pyrrole nitrogens is 1. The molecule has 1 amide bonds. The molecule has 3 aromatic rings. The number of benzene rings is 1. The summed E-state index contributed by atoms with van der Waals surface area (Å²) >= 11 is 0. The lowest BCUT2D eigenvalue weighted by molar-refractivity contribution is 0.0933. The third-order valence-electron chi connectivity index (χ3n) is 3.74. The molecule has 2 heterocycles. The smallest absolute Gasteiger partial charge is 0.269 e. The van der Waals surface area contributed by atoms with Gasteiger partial charge >= 0.3 is 0 Å². The quantitative estimate of drug-likeness (QED) is 0.772. The van der Waals surface area contributed by atoms with Gasteiger partial charge in [0.15, 0.2) is 5.82 Å². The number of rotatable bonds is 4. The normalized spacial score (nSPS) is 12.1. The number of aryl methyl sites for hydroxylation is 2. The predicted molar refractivity (Wildman–Crippen MR) is 83.7 cm³/mol. The van der Waals surface area contributed by atoms with Crippen molar-refractivity contribution in [1.29, 1.82) is 0 Å². The maximum absolute atomic E-state index is 12.2. The first-order valence-electron chi connectivity index (χ1n) is 7.25. The SMILES string of the molecule is Cc1ccc(-c2cc(C(=O)N[C@H](C)c3ncon3)[nH]n2)cc1C. The van der Waals surface area contributed by atoms with E-state index in [2.05, 4.69) is 43.2 Å². The Morgan fingerprint density at radius 2 is 2.09 bits per heavy atom. The fourth-order valence-corrected chi connectivity index (χ4v) is 2.20. The Balaban J connectivity index is 1.76. The molecular formula is C16H17N5O2. The van der Waals surface area contributed by atoms with Crippen molar-refractivity contribution in [3.05, 3.63) is 53.3 Å². The van der Waals surface area contributed by atoms with Gasteiger partial charge in [-0.1, -0.05) is 17.3 Å². The minimum atomic E-state index is -0.352. The molecule has 118 valence electrons. The van der Waals surface area contributed by atoms with E-state index < -0.39 is 0 Å². The summed E-state index contributed by atoms with van der Waals surface area (Å²) < 4.78 is 4.67. The second-order valence-corrected chi connectivity index (χ2v) is 5.45. The summed E-state index contributed by atoms with van der Waals surface area (Å²) in [7, 11) is 0. The van der Waals surface area contributed by atoms with E-state index in [9.17, 15) is 4.79 Å². The first kappa shape index (κ1) is 15.0. The first-order chi connectivity index (χ1) is 11.0. The van der Waals surface area contributed by atoms with E-state index >= 15 is 0 Å². The fourth-order valence-electron chi connectivity index (χ4n) is 2.20. The lowest BCUT2D eigenvalue weighted by atomic mass is 10.0. The van der Waals surface area contributed by atoms with Crippen molar-refractivity contribution in [1.82, 2.24) is 25.7 Å². The number of hydrogen-bond acceptors (Lipinski definition) is 5. The summed E-state index contributed by atoms with van der Waals surface area (Å²) in [5.41, 5.74) is 4.48. The van der Waals surface area contributed by atoms with Crippen molar-refractivity contribution in [2.24, 2.45) is 0 Å². The largest absolute Gasteiger partial charge is 0.343 e. The van der Waals surface area contributed by atoms with E-state index in [0.29, 0.717) is 11.5 Å². The molecule has 0 radical (unpaired) electrons. The average molecular weight is 311 g/mol. The number of amides is 1. The molecule has 0 bridgehead atoms. The van der Waals surface area contributed by atoms with Gasteiger partial charge in [0.05, 0.1) is 11.7 Å². The van der Waals surface area contributed by atoms with E-state index in [1.807, 2.05) is 19.1 Å². The molecule has 7 heteroatoms. The predicted octanol–water partition coefficient (Wildman–Crippen LogP) is 2.57. The molecule has 0 aliphatic rings. The van der Waals surface area contributed by atoms with Crippen LogP contribution in [0.3, 0.4) is 0 Å². The first-order valence-corrected chi connectivity index (χ1v) is 7.25. The number of nitrogens with zero attached hydrogens (tertiary/aromatic N) is 3. The second kappa shape index (κ2) is 6.04. The Kier molecular flexibility index (Phi) is 3.92. The highest BCUT2D eigenvalue weighted by molar-refractivity contribution is 5.93. The topological polar surface area (TPSA) is 96.7 Å². The van der Waals surface area contributed by atoms with Gasteiger partial charge in [0.2, 0.25) is 6.39 Å². The van der Waals surface area contributed by atoms with Crippen LogP contribution in [0.4, 0.5) is 0 Å². The van der Waals surface area contributed by atoms with Crippen LogP contribution in [0, 0.1) is 13.8 Å². The summed E-state index contributed by atoms with van der Waals surface area (Å²) in [5.74, 6) is 0.150. The van der Waals surface area contributed by atoms with Gasteiger partial charge in [-0.3, -0.25) is 9.89 Å². The van der Waals surface area contributed by atoms with E-state index in [1.54, 1.807) is 13.0 Å². The number of hydrogen-bond donors (Lipinski definition) is 2. The number of nitrogens with one attached hydrogen (secondary N) is 2. The Morgan fingerprint density at radius 1 is 1.26 bits per heavy atom. The van der Waals surface area contributed by atoms with Crippen LogP contribution in [0.15, 0.2) is 35.2 Å². The summed E-state index contributed by atoms with van der Waals surface area (Å²) in [5, 5.41) is 13.5. The van der Waals surface area contributed by atoms with Crippen LogP contribution >= 0.6 is 0 Å². The molecule has 1 aromatic carbocycles. The van der Waals surface area contributed by atoms with Gasteiger partial charge in [-0.05, 0) is 44.0 Å². The van der Waals surface area contributed by atoms with Crippen LogP contribution in [0.1, 0.15) is 40.4 Å². The highest BCUT2D eigenvalue weighted by Gasteiger charge is 2.17. The summed E-state index contributed by atoms with van der Waals surface area (Å²) in [6.07, 6.45) is 1.23. The monoisotopic (exact) mass is 311 g/mol. The lowest BCUT2D eigenvalue weighted by Crippen LogP contribution is -2.27. The standard InChI is InChI=1S/C16H17N5O2/c1-9-4-5-12(6-10(9)2)13-7-14(20-19-13)16(22)18-11(3)15-17-8-23-21-15/h4-8,11H,1-3H3,(H,18,22)(H,19,20)/t11-/m1/s1. The number of aromatic nitrogens is 4. The molecular weight excluding hydrogens is 294 g/mol. The van der Waals surface area contributed by atoms with Crippen molar-refractivity contribution in [2.45, 2.75) is 26.8 Å². The minimum Gasteiger partial charge on any atom is -0.343 e. The number of aromatic amines is 1. The molecule has 23 heavy (non-hydrogen) atoms. The van der Waals surface area contributed by atoms with Crippen LogP contribution in [-0.4, -0.2) is 26.2 Å². The zero-order valence-corrected chi connectivity index (χ0v) is 13.1. The van der Waals surface area contributed by atoms with Crippen molar-refractivity contribution in [3.63, 3.8) is 0 Å². The summed E-state index contributed by atoms with van der Waals surface area (Å²) in [6.45, 7) is 5.89. The van der Waals surface area contributed by atoms with E-state index in [4.69, 9.17) is 0 Å². The van der Waals surface area contributed by atoms with Crippen LogP contribution in [0.25, 0.3) is 11.3 Å². The van der Waals surface area contributed by atoms with Crippen LogP contribution < -0.4 is 5.32 Å². The molecule has 0 aliphatic carbocycles. The summed E-state index contributed by atoms with van der Waals surface area (Å²) in [4.78, 5) is 16.2. The Bertz CT molecular complexity index is 823. The Labute approximate surface area is 133 Å². The molecule has 0 spiro atoms. The van der Waals surface area contributed by atoms with Gasteiger partial charge in [0.25, 0.3) is 5.91 Å². The molecule has 0 saturated carbocycles. The Morgan fingerprint density at radius 3 is 2.78 bits per heavy atom. The van der Waals surface area contributed by atoms with Crippen molar-refractivity contribution < 1.29 is 9.32 Å².